The number of halogens is 2. The molecule has 4 rings (SSSR count). The normalized spacial score (nSPS) is 10.6. The number of nitrogens with one attached hydrogen (secondary N) is 1. The Morgan fingerprint density at radius 3 is 2.57 bits per heavy atom. The van der Waals surface area contributed by atoms with Crippen LogP contribution in [0.4, 0.5) is 14.5 Å². The summed E-state index contributed by atoms with van der Waals surface area (Å²) in [7, 11) is 1.43. The average molecular weight is 406 g/mol. The van der Waals surface area contributed by atoms with Crippen molar-refractivity contribution in [1.29, 1.82) is 0 Å². The molecule has 0 unspecified atom stereocenters. The third-order valence-corrected chi connectivity index (χ3v) is 4.32. The van der Waals surface area contributed by atoms with Gasteiger partial charge in [-0.3, -0.25) is 4.79 Å². The lowest BCUT2D eigenvalue weighted by Crippen LogP contribution is -2.14. The maximum atomic E-state index is 13.9. The van der Waals surface area contributed by atoms with Crippen molar-refractivity contribution in [3.63, 3.8) is 0 Å². The lowest BCUT2D eigenvalue weighted by molar-refractivity contribution is 0.102. The maximum absolute atomic E-state index is 13.9. The number of hydrogen-bond acceptors (Lipinski definition) is 4. The van der Waals surface area contributed by atoms with Crippen molar-refractivity contribution in [2.45, 2.75) is 0 Å². The number of methoxy groups -OCH3 is 1. The first kappa shape index (κ1) is 19.3. The Labute approximate surface area is 170 Å². The Bertz CT molecular complexity index is 1220. The molecule has 0 aliphatic heterocycles. The van der Waals surface area contributed by atoms with Crippen molar-refractivity contribution in [3.05, 3.63) is 90.0 Å². The predicted octanol–water partition coefficient (Wildman–Crippen LogP) is 4.47. The molecule has 0 radical (unpaired) electrons. The van der Waals surface area contributed by atoms with Crippen LogP contribution in [0.5, 0.6) is 6.01 Å². The van der Waals surface area contributed by atoms with Gasteiger partial charge in [0, 0.05) is 11.3 Å². The van der Waals surface area contributed by atoms with Crippen molar-refractivity contribution in [3.8, 4) is 23.1 Å². The number of amides is 1. The monoisotopic (exact) mass is 406 g/mol. The summed E-state index contributed by atoms with van der Waals surface area (Å²) in [5.74, 6) is -1.23. The molecule has 1 aromatic heterocycles. The molecule has 0 aliphatic rings. The van der Waals surface area contributed by atoms with Gasteiger partial charge in [-0.2, -0.15) is 4.98 Å². The fourth-order valence-corrected chi connectivity index (χ4v) is 2.93. The van der Waals surface area contributed by atoms with Crippen LogP contribution in [0.3, 0.4) is 0 Å². The van der Waals surface area contributed by atoms with Gasteiger partial charge in [-0.1, -0.05) is 30.3 Å². The zero-order valence-corrected chi connectivity index (χ0v) is 15.8. The average Bonchev–Trinajstić information content (AvgIpc) is 3.19. The maximum Gasteiger partial charge on any atom is 0.336 e. The van der Waals surface area contributed by atoms with Crippen LogP contribution in [0.1, 0.15) is 10.4 Å². The van der Waals surface area contributed by atoms with Crippen LogP contribution in [-0.4, -0.2) is 27.8 Å². The first-order valence-electron chi connectivity index (χ1n) is 8.98. The highest BCUT2D eigenvalue weighted by atomic mass is 19.1. The third kappa shape index (κ3) is 3.88. The minimum absolute atomic E-state index is 0.0641. The molecule has 3 aromatic carbocycles. The molecule has 30 heavy (non-hydrogen) atoms. The largest absolute Gasteiger partial charge is 0.466 e. The SMILES string of the molecule is COc1nc(-c2cccc(F)c2)n(-c2cccc(NC(=O)c3ccccc3F)c2)n1. The van der Waals surface area contributed by atoms with Crippen LogP contribution >= 0.6 is 0 Å². The number of benzene rings is 3. The van der Waals surface area contributed by atoms with E-state index in [0.29, 0.717) is 22.8 Å². The van der Waals surface area contributed by atoms with Crippen LogP contribution in [0, 0.1) is 11.6 Å². The molecule has 8 heteroatoms. The molecular formula is C22H16F2N4O2. The molecule has 1 N–H and O–H groups in total. The van der Waals surface area contributed by atoms with Crippen molar-refractivity contribution in [2.24, 2.45) is 0 Å². The summed E-state index contributed by atoms with van der Waals surface area (Å²) in [5.41, 5.74) is 1.43. The van der Waals surface area contributed by atoms with E-state index in [9.17, 15) is 13.6 Å². The molecular weight excluding hydrogens is 390 g/mol. The van der Waals surface area contributed by atoms with Gasteiger partial charge >= 0.3 is 6.01 Å². The number of ether oxygens (including phenoxy) is 1. The van der Waals surface area contributed by atoms with Crippen molar-refractivity contribution >= 4 is 11.6 Å². The Morgan fingerprint density at radius 1 is 1.00 bits per heavy atom. The van der Waals surface area contributed by atoms with Crippen LogP contribution in [-0.2, 0) is 0 Å². The summed E-state index contributed by atoms with van der Waals surface area (Å²) >= 11 is 0. The number of rotatable bonds is 5. The van der Waals surface area contributed by atoms with E-state index < -0.39 is 17.5 Å². The quantitative estimate of drug-likeness (QED) is 0.531. The molecule has 1 amide bonds. The second kappa shape index (κ2) is 8.12. The van der Waals surface area contributed by atoms with Gasteiger partial charge in [0.15, 0.2) is 5.82 Å². The number of nitrogens with zero attached hydrogens (tertiary/aromatic N) is 3. The molecule has 6 nitrogen and oxygen atoms in total. The van der Waals surface area contributed by atoms with E-state index in [2.05, 4.69) is 15.4 Å². The second-order valence-electron chi connectivity index (χ2n) is 6.33. The summed E-state index contributed by atoms with van der Waals surface area (Å²) in [5, 5.41) is 6.95. The van der Waals surface area contributed by atoms with E-state index in [1.807, 2.05) is 0 Å². The highest BCUT2D eigenvalue weighted by Gasteiger charge is 2.16. The Kier molecular flexibility index (Phi) is 5.21. The molecule has 1 heterocycles. The molecule has 0 bridgehead atoms. The molecule has 0 atom stereocenters. The number of carbonyl (C=O) groups excluding carboxylic acids is 1. The highest BCUT2D eigenvalue weighted by Crippen LogP contribution is 2.25. The van der Waals surface area contributed by atoms with Gasteiger partial charge in [0.25, 0.3) is 5.91 Å². The summed E-state index contributed by atoms with van der Waals surface area (Å²) in [6.45, 7) is 0. The molecule has 0 spiro atoms. The number of aromatic nitrogens is 3. The van der Waals surface area contributed by atoms with Gasteiger partial charge in [-0.25, -0.2) is 13.5 Å². The smallest absolute Gasteiger partial charge is 0.336 e. The summed E-state index contributed by atoms with van der Waals surface area (Å²) in [6.07, 6.45) is 0. The van der Waals surface area contributed by atoms with E-state index in [1.54, 1.807) is 42.5 Å². The van der Waals surface area contributed by atoms with Gasteiger partial charge in [0.05, 0.1) is 18.4 Å². The van der Waals surface area contributed by atoms with E-state index >= 15 is 0 Å². The van der Waals surface area contributed by atoms with E-state index in [4.69, 9.17) is 4.74 Å². The molecule has 0 fully saturated rings. The van der Waals surface area contributed by atoms with E-state index in [1.165, 1.54) is 42.1 Å². The van der Waals surface area contributed by atoms with Crippen molar-refractivity contribution in [1.82, 2.24) is 14.8 Å². The third-order valence-electron chi connectivity index (χ3n) is 4.32. The number of carbonyl (C=O) groups is 1. The fraction of sp³-hybridized carbons (Fsp3) is 0.0455. The Morgan fingerprint density at radius 2 is 1.80 bits per heavy atom. The molecule has 0 aliphatic carbocycles. The topological polar surface area (TPSA) is 69.0 Å². The van der Waals surface area contributed by atoms with Crippen LogP contribution in [0.15, 0.2) is 72.8 Å². The lowest BCUT2D eigenvalue weighted by atomic mass is 10.2. The minimum atomic E-state index is -0.611. The second-order valence-corrected chi connectivity index (χ2v) is 6.33. The highest BCUT2D eigenvalue weighted by molar-refractivity contribution is 6.04. The fourth-order valence-electron chi connectivity index (χ4n) is 2.93. The van der Waals surface area contributed by atoms with Gasteiger partial charge in [0.2, 0.25) is 0 Å². The molecule has 0 saturated carbocycles. The Hall–Kier alpha value is -4.07. The zero-order chi connectivity index (χ0) is 21.1. The van der Waals surface area contributed by atoms with Gasteiger partial charge in [0.1, 0.15) is 11.6 Å². The number of hydrogen-bond donors (Lipinski definition) is 1. The van der Waals surface area contributed by atoms with Crippen LogP contribution < -0.4 is 10.1 Å². The number of anilines is 1. The first-order chi connectivity index (χ1) is 14.5. The summed E-state index contributed by atoms with van der Waals surface area (Å²) in [6, 6.07) is 18.5. The van der Waals surface area contributed by atoms with Crippen molar-refractivity contribution in [2.75, 3.05) is 12.4 Å². The Balaban J connectivity index is 1.70. The van der Waals surface area contributed by atoms with Gasteiger partial charge in [-0.15, -0.1) is 5.10 Å². The molecule has 4 aromatic rings. The molecule has 0 saturated heterocycles. The lowest BCUT2D eigenvalue weighted by Gasteiger charge is -2.10. The van der Waals surface area contributed by atoms with E-state index in [0.717, 1.165) is 0 Å². The van der Waals surface area contributed by atoms with E-state index in [-0.39, 0.29) is 11.6 Å². The van der Waals surface area contributed by atoms with Crippen molar-refractivity contribution < 1.29 is 18.3 Å². The van der Waals surface area contributed by atoms with Crippen LogP contribution in [0.2, 0.25) is 0 Å². The van der Waals surface area contributed by atoms with Gasteiger partial charge < -0.3 is 10.1 Å². The molecule has 150 valence electrons. The summed E-state index contributed by atoms with van der Waals surface area (Å²) < 4.78 is 34.2. The zero-order valence-electron chi connectivity index (χ0n) is 15.8. The van der Waals surface area contributed by atoms with Gasteiger partial charge in [-0.05, 0) is 42.5 Å². The first-order valence-corrected chi connectivity index (χ1v) is 8.98. The standard InChI is InChI=1S/C22H16F2N4O2/c1-30-22-26-20(14-6-4-7-15(23)12-14)28(27-22)17-9-5-8-16(13-17)25-21(29)18-10-2-3-11-19(18)24/h2-13H,1H3,(H,25,29). The minimum Gasteiger partial charge on any atom is -0.466 e. The summed E-state index contributed by atoms with van der Waals surface area (Å²) in [4.78, 5) is 16.7. The van der Waals surface area contributed by atoms with Crippen LogP contribution in [0.25, 0.3) is 17.1 Å². The predicted molar refractivity (Wildman–Crippen MR) is 108 cm³/mol.